The summed E-state index contributed by atoms with van der Waals surface area (Å²) in [6, 6.07) is 19.5. The SMILES string of the molecule is N#Cc1ccc(NC[C@@H](CO)CCOCc2ccccc2)cc1. The van der Waals surface area contributed by atoms with Crippen LogP contribution in [0.3, 0.4) is 0 Å². The summed E-state index contributed by atoms with van der Waals surface area (Å²) >= 11 is 0. The van der Waals surface area contributed by atoms with Crippen LogP contribution in [0.2, 0.25) is 0 Å². The quantitative estimate of drug-likeness (QED) is 0.698. The molecule has 0 fully saturated rings. The van der Waals surface area contributed by atoms with E-state index in [9.17, 15) is 5.11 Å². The Morgan fingerprint density at radius 2 is 1.83 bits per heavy atom. The zero-order valence-electron chi connectivity index (χ0n) is 13.1. The van der Waals surface area contributed by atoms with Gasteiger partial charge in [-0.15, -0.1) is 0 Å². The number of aliphatic hydroxyl groups is 1. The molecule has 4 nitrogen and oxygen atoms in total. The molecule has 0 unspecified atom stereocenters. The average Bonchev–Trinajstić information content (AvgIpc) is 2.62. The van der Waals surface area contributed by atoms with Crippen LogP contribution in [0.1, 0.15) is 17.5 Å². The highest BCUT2D eigenvalue weighted by Gasteiger charge is 2.07. The van der Waals surface area contributed by atoms with E-state index in [0.717, 1.165) is 17.7 Å². The molecule has 0 aromatic heterocycles. The van der Waals surface area contributed by atoms with Crippen molar-refractivity contribution < 1.29 is 9.84 Å². The molecule has 2 aromatic rings. The molecule has 2 aromatic carbocycles. The Bertz CT molecular complexity index is 606. The lowest BCUT2D eigenvalue weighted by Gasteiger charge is -2.16. The predicted octanol–water partition coefficient (Wildman–Crippen LogP) is 3.19. The topological polar surface area (TPSA) is 65.3 Å². The van der Waals surface area contributed by atoms with Gasteiger partial charge in [0.1, 0.15) is 0 Å². The lowest BCUT2D eigenvalue weighted by atomic mass is 10.1. The first kappa shape index (κ1) is 17.0. The lowest BCUT2D eigenvalue weighted by Crippen LogP contribution is -2.19. The van der Waals surface area contributed by atoms with E-state index in [-0.39, 0.29) is 12.5 Å². The number of nitrogens with zero attached hydrogens (tertiary/aromatic N) is 1. The molecule has 2 N–H and O–H groups in total. The number of rotatable bonds is 9. The van der Waals surface area contributed by atoms with Crippen molar-refractivity contribution in [3.05, 3.63) is 65.7 Å². The standard InChI is InChI=1S/C19H22N2O2/c20-12-16-6-8-19(9-7-16)21-13-18(14-22)10-11-23-15-17-4-2-1-3-5-17/h1-9,18,21-22H,10-11,13-15H2/t18-/m0/s1. The van der Waals surface area contributed by atoms with Gasteiger partial charge in [0, 0.05) is 31.4 Å². The summed E-state index contributed by atoms with van der Waals surface area (Å²) in [5.41, 5.74) is 2.75. The summed E-state index contributed by atoms with van der Waals surface area (Å²) in [5, 5.41) is 21.5. The molecule has 0 bridgehead atoms. The Kier molecular flexibility index (Phi) is 7.12. The number of hydrogen-bond acceptors (Lipinski definition) is 4. The van der Waals surface area contributed by atoms with Crippen molar-refractivity contribution in [1.29, 1.82) is 5.26 Å². The predicted molar refractivity (Wildman–Crippen MR) is 90.9 cm³/mol. The molecule has 0 aliphatic heterocycles. The minimum atomic E-state index is 0.123. The Hall–Kier alpha value is -2.35. The van der Waals surface area contributed by atoms with Gasteiger partial charge in [-0.3, -0.25) is 0 Å². The summed E-state index contributed by atoms with van der Waals surface area (Å²) in [7, 11) is 0. The zero-order chi connectivity index (χ0) is 16.3. The smallest absolute Gasteiger partial charge is 0.0991 e. The molecule has 0 amide bonds. The van der Waals surface area contributed by atoms with Crippen LogP contribution in [-0.4, -0.2) is 24.9 Å². The molecule has 0 radical (unpaired) electrons. The maximum absolute atomic E-state index is 9.46. The minimum absolute atomic E-state index is 0.123. The fourth-order valence-corrected chi connectivity index (χ4v) is 2.20. The molecule has 0 aliphatic rings. The fraction of sp³-hybridized carbons (Fsp3) is 0.316. The third-order valence-electron chi connectivity index (χ3n) is 3.65. The summed E-state index contributed by atoms with van der Waals surface area (Å²) < 4.78 is 5.66. The number of hydrogen-bond donors (Lipinski definition) is 2. The fourth-order valence-electron chi connectivity index (χ4n) is 2.20. The van der Waals surface area contributed by atoms with Crippen molar-refractivity contribution in [3.8, 4) is 6.07 Å². The van der Waals surface area contributed by atoms with E-state index in [2.05, 4.69) is 11.4 Å². The summed E-state index contributed by atoms with van der Waals surface area (Å²) in [5.74, 6) is 0.140. The van der Waals surface area contributed by atoms with Crippen molar-refractivity contribution in [2.45, 2.75) is 13.0 Å². The number of nitriles is 1. The maximum atomic E-state index is 9.46. The van der Waals surface area contributed by atoms with Gasteiger partial charge in [-0.1, -0.05) is 30.3 Å². The van der Waals surface area contributed by atoms with Crippen LogP contribution in [0, 0.1) is 17.2 Å². The monoisotopic (exact) mass is 310 g/mol. The van der Waals surface area contributed by atoms with Crippen LogP contribution in [0.25, 0.3) is 0 Å². The molecule has 0 saturated carbocycles. The van der Waals surface area contributed by atoms with Crippen LogP contribution in [0.15, 0.2) is 54.6 Å². The number of benzene rings is 2. The first-order valence-electron chi connectivity index (χ1n) is 7.78. The molecule has 4 heteroatoms. The number of ether oxygens (including phenoxy) is 1. The third-order valence-corrected chi connectivity index (χ3v) is 3.65. The minimum Gasteiger partial charge on any atom is -0.396 e. The number of aliphatic hydroxyl groups excluding tert-OH is 1. The Morgan fingerprint density at radius 3 is 2.48 bits per heavy atom. The molecule has 0 heterocycles. The molecule has 120 valence electrons. The maximum Gasteiger partial charge on any atom is 0.0991 e. The van der Waals surface area contributed by atoms with Crippen LogP contribution < -0.4 is 5.32 Å². The van der Waals surface area contributed by atoms with E-state index >= 15 is 0 Å². The Morgan fingerprint density at radius 1 is 1.09 bits per heavy atom. The van der Waals surface area contributed by atoms with Crippen molar-refractivity contribution in [3.63, 3.8) is 0 Å². The van der Waals surface area contributed by atoms with Crippen molar-refractivity contribution in [1.82, 2.24) is 0 Å². The van der Waals surface area contributed by atoms with Crippen LogP contribution in [0.5, 0.6) is 0 Å². The number of anilines is 1. The number of nitrogens with one attached hydrogen (secondary N) is 1. The zero-order valence-corrected chi connectivity index (χ0v) is 13.1. The van der Waals surface area contributed by atoms with Gasteiger partial charge in [0.05, 0.1) is 18.2 Å². The molecule has 0 spiro atoms. The van der Waals surface area contributed by atoms with Gasteiger partial charge in [-0.05, 0) is 36.2 Å². The third kappa shape index (κ3) is 6.11. The van der Waals surface area contributed by atoms with E-state index < -0.39 is 0 Å². The highest BCUT2D eigenvalue weighted by Crippen LogP contribution is 2.11. The molecule has 0 aliphatic carbocycles. The van der Waals surface area contributed by atoms with Gasteiger partial charge >= 0.3 is 0 Å². The average molecular weight is 310 g/mol. The van der Waals surface area contributed by atoms with Gasteiger partial charge in [0.2, 0.25) is 0 Å². The largest absolute Gasteiger partial charge is 0.396 e. The van der Waals surface area contributed by atoms with Crippen molar-refractivity contribution in [2.75, 3.05) is 25.1 Å². The van der Waals surface area contributed by atoms with E-state index in [1.165, 1.54) is 0 Å². The molecular formula is C19H22N2O2. The molecule has 1 atom stereocenters. The van der Waals surface area contributed by atoms with Gasteiger partial charge in [0.15, 0.2) is 0 Å². The van der Waals surface area contributed by atoms with Crippen LogP contribution >= 0.6 is 0 Å². The molecule has 23 heavy (non-hydrogen) atoms. The van der Waals surface area contributed by atoms with Gasteiger partial charge in [-0.25, -0.2) is 0 Å². The molecule has 2 rings (SSSR count). The second-order valence-electron chi connectivity index (χ2n) is 5.45. The summed E-state index contributed by atoms with van der Waals surface area (Å²) in [6.07, 6.45) is 0.798. The van der Waals surface area contributed by atoms with Crippen molar-refractivity contribution in [2.24, 2.45) is 5.92 Å². The molecular weight excluding hydrogens is 288 g/mol. The summed E-state index contributed by atoms with van der Waals surface area (Å²) in [6.45, 7) is 2.02. The second-order valence-corrected chi connectivity index (χ2v) is 5.45. The van der Waals surface area contributed by atoms with Gasteiger partial charge < -0.3 is 15.2 Å². The van der Waals surface area contributed by atoms with Crippen LogP contribution in [0.4, 0.5) is 5.69 Å². The normalized spacial score (nSPS) is 11.7. The van der Waals surface area contributed by atoms with Crippen LogP contribution in [-0.2, 0) is 11.3 Å². The molecule has 0 saturated heterocycles. The van der Waals surface area contributed by atoms with Gasteiger partial charge in [0.25, 0.3) is 0 Å². The summed E-state index contributed by atoms with van der Waals surface area (Å²) in [4.78, 5) is 0. The first-order valence-corrected chi connectivity index (χ1v) is 7.78. The first-order chi connectivity index (χ1) is 11.3. The highest BCUT2D eigenvalue weighted by atomic mass is 16.5. The van der Waals surface area contributed by atoms with E-state index in [4.69, 9.17) is 10.00 Å². The Balaban J connectivity index is 1.67. The van der Waals surface area contributed by atoms with Crippen molar-refractivity contribution >= 4 is 5.69 Å². The second kappa shape index (κ2) is 9.62. The van der Waals surface area contributed by atoms with Gasteiger partial charge in [-0.2, -0.15) is 5.26 Å². The van der Waals surface area contributed by atoms with E-state index in [1.54, 1.807) is 12.1 Å². The Labute approximate surface area is 137 Å². The van der Waals surface area contributed by atoms with E-state index in [1.807, 2.05) is 42.5 Å². The highest BCUT2D eigenvalue weighted by molar-refractivity contribution is 5.47. The lowest BCUT2D eigenvalue weighted by molar-refractivity contribution is 0.0974. The van der Waals surface area contributed by atoms with E-state index in [0.29, 0.717) is 25.3 Å².